The third-order valence-corrected chi connectivity index (χ3v) is 5.13. The maximum absolute atomic E-state index is 12.1. The van der Waals surface area contributed by atoms with Gasteiger partial charge in [0.25, 0.3) is 5.91 Å². The van der Waals surface area contributed by atoms with Crippen LogP contribution in [0.3, 0.4) is 0 Å². The van der Waals surface area contributed by atoms with E-state index in [0.29, 0.717) is 10.1 Å². The number of thiophene rings is 1. The van der Waals surface area contributed by atoms with Gasteiger partial charge in [0.05, 0.1) is 10.6 Å². The number of amides is 1. The van der Waals surface area contributed by atoms with Crippen LogP contribution in [0.15, 0.2) is 40.2 Å². The molecule has 1 aromatic heterocycles. The highest BCUT2D eigenvalue weighted by molar-refractivity contribution is 8.18. The number of thioether (sulfide) groups is 1. The average molecular weight is 328 g/mol. The number of amidine groups is 1. The zero-order chi connectivity index (χ0) is 15.7. The van der Waals surface area contributed by atoms with Crippen LogP contribution in [0.2, 0.25) is 0 Å². The van der Waals surface area contributed by atoms with Gasteiger partial charge in [-0.05, 0) is 67.9 Å². The van der Waals surface area contributed by atoms with Crippen LogP contribution in [-0.2, 0) is 4.79 Å². The summed E-state index contributed by atoms with van der Waals surface area (Å²) >= 11 is 3.07. The van der Waals surface area contributed by atoms with Crippen molar-refractivity contribution in [2.45, 2.75) is 20.8 Å². The summed E-state index contributed by atoms with van der Waals surface area (Å²) < 4.78 is 0. The molecule has 1 aliphatic rings. The van der Waals surface area contributed by atoms with E-state index in [-0.39, 0.29) is 5.91 Å². The molecular weight excluding hydrogens is 312 g/mol. The van der Waals surface area contributed by atoms with Crippen molar-refractivity contribution in [3.63, 3.8) is 0 Å². The van der Waals surface area contributed by atoms with Gasteiger partial charge in [0.1, 0.15) is 0 Å². The Labute approximate surface area is 138 Å². The molecule has 3 rings (SSSR count). The van der Waals surface area contributed by atoms with Crippen LogP contribution in [0.4, 0.5) is 5.69 Å². The molecule has 0 radical (unpaired) electrons. The maximum atomic E-state index is 12.1. The first kappa shape index (κ1) is 15.1. The fourth-order valence-corrected chi connectivity index (χ4v) is 3.81. The van der Waals surface area contributed by atoms with Crippen molar-refractivity contribution in [1.82, 2.24) is 5.32 Å². The highest BCUT2D eigenvalue weighted by atomic mass is 32.2. The zero-order valence-corrected chi connectivity index (χ0v) is 14.3. The topological polar surface area (TPSA) is 41.5 Å². The van der Waals surface area contributed by atoms with E-state index < -0.39 is 0 Å². The molecule has 0 bridgehead atoms. The van der Waals surface area contributed by atoms with Gasteiger partial charge in [0, 0.05) is 9.75 Å². The minimum Gasteiger partial charge on any atom is -0.300 e. The van der Waals surface area contributed by atoms with Crippen molar-refractivity contribution >= 4 is 45.9 Å². The molecule has 0 saturated carbocycles. The highest BCUT2D eigenvalue weighted by Gasteiger charge is 2.24. The van der Waals surface area contributed by atoms with Crippen LogP contribution in [0.1, 0.15) is 20.9 Å². The number of hydrogen-bond acceptors (Lipinski definition) is 4. The van der Waals surface area contributed by atoms with Gasteiger partial charge < -0.3 is 5.32 Å². The molecule has 0 atom stereocenters. The van der Waals surface area contributed by atoms with Gasteiger partial charge in [-0.3, -0.25) is 4.79 Å². The Bertz CT molecular complexity index is 803. The van der Waals surface area contributed by atoms with E-state index in [1.54, 1.807) is 11.3 Å². The van der Waals surface area contributed by atoms with Gasteiger partial charge in [-0.15, -0.1) is 11.3 Å². The average Bonchev–Trinajstić information content (AvgIpc) is 3.01. The number of aliphatic imine (C=N–C) groups is 1. The van der Waals surface area contributed by atoms with Crippen LogP contribution in [0, 0.1) is 20.8 Å². The quantitative estimate of drug-likeness (QED) is 0.821. The van der Waals surface area contributed by atoms with Crippen molar-refractivity contribution in [3.8, 4) is 0 Å². The van der Waals surface area contributed by atoms with E-state index in [0.717, 1.165) is 21.7 Å². The fourth-order valence-electron chi connectivity index (χ4n) is 2.09. The molecular formula is C17H16N2OS2. The molecule has 1 saturated heterocycles. The van der Waals surface area contributed by atoms with Crippen LogP contribution in [-0.4, -0.2) is 11.1 Å². The Balaban J connectivity index is 1.86. The molecule has 1 fully saturated rings. The zero-order valence-electron chi connectivity index (χ0n) is 12.6. The largest absolute Gasteiger partial charge is 0.300 e. The van der Waals surface area contributed by atoms with Crippen molar-refractivity contribution in [2.24, 2.45) is 4.99 Å². The van der Waals surface area contributed by atoms with Gasteiger partial charge in [-0.2, -0.15) is 0 Å². The lowest BCUT2D eigenvalue weighted by atomic mass is 10.1. The molecule has 2 heterocycles. The van der Waals surface area contributed by atoms with Crippen LogP contribution >= 0.6 is 23.1 Å². The van der Waals surface area contributed by atoms with Gasteiger partial charge in [0.15, 0.2) is 5.17 Å². The number of hydrogen-bond donors (Lipinski definition) is 1. The lowest BCUT2D eigenvalue weighted by molar-refractivity contribution is -0.115. The molecule has 1 aromatic carbocycles. The van der Waals surface area contributed by atoms with E-state index in [2.05, 4.69) is 29.4 Å². The first-order chi connectivity index (χ1) is 10.5. The molecule has 3 nitrogen and oxygen atoms in total. The third kappa shape index (κ3) is 3.31. The summed E-state index contributed by atoms with van der Waals surface area (Å²) in [7, 11) is 0. The Hall–Kier alpha value is -1.85. The number of nitrogens with zero attached hydrogens (tertiary/aromatic N) is 1. The number of aryl methyl sites for hydroxylation is 3. The van der Waals surface area contributed by atoms with Gasteiger partial charge in [-0.25, -0.2) is 4.99 Å². The summed E-state index contributed by atoms with van der Waals surface area (Å²) in [5, 5.41) is 3.47. The van der Waals surface area contributed by atoms with E-state index >= 15 is 0 Å². The van der Waals surface area contributed by atoms with E-state index in [1.807, 2.05) is 38.1 Å². The summed E-state index contributed by atoms with van der Waals surface area (Å²) in [6.45, 7) is 6.11. The maximum Gasteiger partial charge on any atom is 0.264 e. The second-order valence-corrected chi connectivity index (χ2v) is 7.57. The molecule has 5 heteroatoms. The molecule has 1 N–H and O–H groups in total. The van der Waals surface area contributed by atoms with Gasteiger partial charge in [0.2, 0.25) is 0 Å². The van der Waals surface area contributed by atoms with Gasteiger partial charge >= 0.3 is 0 Å². The minimum absolute atomic E-state index is 0.0832. The normalized spacial score (nSPS) is 18.2. The SMILES string of the molecule is Cc1ccc(C)c(N=C2NC(=O)/C(=C/c3ccc(C)s3)S2)c1. The predicted molar refractivity (Wildman–Crippen MR) is 95.8 cm³/mol. The van der Waals surface area contributed by atoms with Crippen molar-refractivity contribution in [2.75, 3.05) is 0 Å². The number of carbonyl (C=O) groups is 1. The lowest BCUT2D eigenvalue weighted by Gasteiger charge is -2.02. The summed E-state index contributed by atoms with van der Waals surface area (Å²) in [6.07, 6.45) is 1.92. The summed E-state index contributed by atoms with van der Waals surface area (Å²) in [5.41, 5.74) is 3.15. The fraction of sp³-hybridized carbons (Fsp3) is 0.176. The van der Waals surface area contributed by atoms with Crippen molar-refractivity contribution in [1.29, 1.82) is 0 Å². The molecule has 2 aromatic rings. The molecule has 112 valence electrons. The Morgan fingerprint density at radius 3 is 2.68 bits per heavy atom. The summed E-state index contributed by atoms with van der Waals surface area (Å²) in [6, 6.07) is 10.2. The monoisotopic (exact) mass is 328 g/mol. The molecule has 1 aliphatic heterocycles. The molecule has 0 spiro atoms. The van der Waals surface area contributed by atoms with Crippen molar-refractivity contribution < 1.29 is 4.79 Å². The summed E-state index contributed by atoms with van der Waals surface area (Å²) in [4.78, 5) is 19.6. The highest BCUT2D eigenvalue weighted by Crippen LogP contribution is 2.30. The van der Waals surface area contributed by atoms with Crippen LogP contribution in [0.5, 0.6) is 0 Å². The number of nitrogens with one attached hydrogen (secondary N) is 1. The number of benzene rings is 1. The first-order valence-electron chi connectivity index (χ1n) is 6.94. The van der Waals surface area contributed by atoms with Crippen LogP contribution < -0.4 is 5.32 Å². The Morgan fingerprint density at radius 2 is 1.95 bits per heavy atom. The van der Waals surface area contributed by atoms with Gasteiger partial charge in [-0.1, -0.05) is 12.1 Å². The standard InChI is InChI=1S/C17H16N2OS2/c1-10-4-5-11(2)14(8-10)18-17-19-16(20)15(22-17)9-13-7-6-12(3)21-13/h4-9H,1-3H3,(H,18,19,20)/b15-9-. The second-order valence-electron chi connectivity index (χ2n) is 5.22. The third-order valence-electron chi connectivity index (χ3n) is 3.27. The lowest BCUT2D eigenvalue weighted by Crippen LogP contribution is -2.19. The van der Waals surface area contributed by atoms with E-state index in [4.69, 9.17) is 0 Å². The van der Waals surface area contributed by atoms with E-state index in [9.17, 15) is 4.79 Å². The first-order valence-corrected chi connectivity index (χ1v) is 8.58. The molecule has 0 unspecified atom stereocenters. The Morgan fingerprint density at radius 1 is 1.14 bits per heavy atom. The molecule has 0 aliphatic carbocycles. The predicted octanol–water partition coefficient (Wildman–Crippen LogP) is 4.56. The van der Waals surface area contributed by atoms with Crippen molar-refractivity contribution in [3.05, 3.63) is 56.1 Å². The molecule has 1 amide bonds. The minimum atomic E-state index is -0.0832. The number of rotatable bonds is 2. The molecule has 22 heavy (non-hydrogen) atoms. The number of carbonyl (C=O) groups excluding carboxylic acids is 1. The smallest absolute Gasteiger partial charge is 0.264 e. The summed E-state index contributed by atoms with van der Waals surface area (Å²) in [5.74, 6) is -0.0832. The Kier molecular flexibility index (Phi) is 4.18. The van der Waals surface area contributed by atoms with Crippen LogP contribution in [0.25, 0.3) is 6.08 Å². The second kappa shape index (κ2) is 6.10. The van der Waals surface area contributed by atoms with E-state index in [1.165, 1.54) is 16.6 Å².